The number of carbonyl (C=O) groups is 1. The van der Waals surface area contributed by atoms with Crippen LogP contribution in [0.15, 0.2) is 0 Å². The maximum Gasteiger partial charge on any atom is 0.279 e. The summed E-state index contributed by atoms with van der Waals surface area (Å²) in [6.07, 6.45) is 1.04. The van der Waals surface area contributed by atoms with Crippen LogP contribution in [0.25, 0.3) is 0 Å². The molecular weight excluding hydrogens is 266 g/mol. The summed E-state index contributed by atoms with van der Waals surface area (Å²) in [5, 5.41) is 2.65. The maximum atomic E-state index is 12.1. The molecule has 0 saturated carbocycles. The van der Waals surface area contributed by atoms with Crippen LogP contribution < -0.4 is 10.0 Å². The fourth-order valence-electron chi connectivity index (χ4n) is 2.42. The first-order chi connectivity index (χ1) is 8.70. The Hall–Kier alpha value is -0.660. The Labute approximate surface area is 116 Å². The molecule has 6 nitrogen and oxygen atoms in total. The van der Waals surface area contributed by atoms with Crippen molar-refractivity contribution in [2.75, 3.05) is 19.6 Å². The van der Waals surface area contributed by atoms with Crippen molar-refractivity contribution in [1.82, 2.24) is 14.3 Å². The molecule has 0 aliphatic carbocycles. The monoisotopic (exact) mass is 291 g/mol. The summed E-state index contributed by atoms with van der Waals surface area (Å²) < 4.78 is 28.0. The van der Waals surface area contributed by atoms with E-state index in [1.807, 2.05) is 27.7 Å². The van der Waals surface area contributed by atoms with Crippen molar-refractivity contribution in [1.29, 1.82) is 0 Å². The van der Waals surface area contributed by atoms with Crippen molar-refractivity contribution in [3.05, 3.63) is 0 Å². The van der Waals surface area contributed by atoms with Crippen LogP contribution in [0.5, 0.6) is 0 Å². The second-order valence-electron chi connectivity index (χ2n) is 5.81. The normalized spacial score (nSPS) is 25.5. The van der Waals surface area contributed by atoms with Gasteiger partial charge in [0.25, 0.3) is 10.2 Å². The summed E-state index contributed by atoms with van der Waals surface area (Å²) in [5.41, 5.74) is 0. The number of amides is 1. The fourth-order valence-corrected chi connectivity index (χ4v) is 3.82. The van der Waals surface area contributed by atoms with E-state index in [1.165, 1.54) is 4.31 Å². The number of nitrogens with one attached hydrogen (secondary N) is 2. The zero-order chi connectivity index (χ0) is 14.6. The standard InChI is InChI=1S/C12H25N3O3S/c1-9(2)14-12(16)6-13-19(17,18)15-7-10(3)5-11(4)8-15/h9-11,13H,5-8H2,1-4H3,(H,14,16)/t10-,11+. The smallest absolute Gasteiger partial charge is 0.279 e. The van der Waals surface area contributed by atoms with Gasteiger partial charge in [-0.1, -0.05) is 13.8 Å². The summed E-state index contributed by atoms with van der Waals surface area (Å²) >= 11 is 0. The fraction of sp³-hybridized carbons (Fsp3) is 0.917. The predicted molar refractivity (Wildman–Crippen MR) is 74.7 cm³/mol. The molecule has 1 aliphatic heterocycles. The van der Waals surface area contributed by atoms with Gasteiger partial charge < -0.3 is 5.32 Å². The zero-order valence-corrected chi connectivity index (χ0v) is 13.0. The average Bonchev–Trinajstić information content (AvgIpc) is 2.24. The van der Waals surface area contributed by atoms with E-state index in [2.05, 4.69) is 10.0 Å². The van der Waals surface area contributed by atoms with Crippen LogP contribution in [0.2, 0.25) is 0 Å². The van der Waals surface area contributed by atoms with Crippen LogP contribution in [0, 0.1) is 11.8 Å². The van der Waals surface area contributed by atoms with E-state index in [4.69, 9.17) is 0 Å². The highest BCUT2D eigenvalue weighted by Gasteiger charge is 2.30. The highest BCUT2D eigenvalue weighted by molar-refractivity contribution is 7.87. The molecule has 1 aliphatic rings. The van der Waals surface area contributed by atoms with E-state index < -0.39 is 10.2 Å². The third kappa shape index (κ3) is 5.46. The lowest BCUT2D eigenvalue weighted by Gasteiger charge is -2.33. The van der Waals surface area contributed by atoms with Gasteiger partial charge in [-0.2, -0.15) is 17.4 Å². The third-order valence-corrected chi connectivity index (χ3v) is 4.53. The van der Waals surface area contributed by atoms with Gasteiger partial charge in [0.15, 0.2) is 0 Å². The van der Waals surface area contributed by atoms with Gasteiger partial charge in [-0.3, -0.25) is 4.79 Å². The van der Waals surface area contributed by atoms with E-state index in [0.29, 0.717) is 24.9 Å². The van der Waals surface area contributed by atoms with E-state index in [9.17, 15) is 13.2 Å². The molecule has 0 unspecified atom stereocenters. The molecule has 0 radical (unpaired) electrons. The molecular formula is C12H25N3O3S. The van der Waals surface area contributed by atoms with Crippen LogP contribution in [0.3, 0.4) is 0 Å². The lowest BCUT2D eigenvalue weighted by Crippen LogP contribution is -2.50. The molecule has 0 spiro atoms. The minimum Gasteiger partial charge on any atom is -0.353 e. The second kappa shape index (κ2) is 6.67. The summed E-state index contributed by atoms with van der Waals surface area (Å²) in [6, 6.07) is 0.00651. The molecule has 0 bridgehead atoms. The van der Waals surface area contributed by atoms with Crippen molar-refractivity contribution in [2.24, 2.45) is 11.8 Å². The predicted octanol–water partition coefficient (Wildman–Crippen LogP) is 0.323. The van der Waals surface area contributed by atoms with Crippen LogP contribution in [-0.2, 0) is 15.0 Å². The number of nitrogens with zero attached hydrogens (tertiary/aromatic N) is 1. The van der Waals surface area contributed by atoms with Gasteiger partial charge >= 0.3 is 0 Å². The molecule has 2 N–H and O–H groups in total. The number of rotatable bonds is 5. The Balaban J connectivity index is 2.53. The van der Waals surface area contributed by atoms with Gasteiger partial charge in [-0.25, -0.2) is 0 Å². The van der Waals surface area contributed by atoms with Gasteiger partial charge in [-0.15, -0.1) is 0 Å². The molecule has 7 heteroatoms. The van der Waals surface area contributed by atoms with Crippen molar-refractivity contribution < 1.29 is 13.2 Å². The van der Waals surface area contributed by atoms with Crippen molar-refractivity contribution >= 4 is 16.1 Å². The Morgan fingerprint density at radius 1 is 1.26 bits per heavy atom. The summed E-state index contributed by atoms with van der Waals surface area (Å²) in [6.45, 7) is 8.59. The first-order valence-electron chi connectivity index (χ1n) is 6.74. The van der Waals surface area contributed by atoms with E-state index >= 15 is 0 Å². The molecule has 0 aromatic rings. The molecule has 1 amide bonds. The first kappa shape index (κ1) is 16.4. The molecule has 19 heavy (non-hydrogen) atoms. The molecule has 1 fully saturated rings. The quantitative estimate of drug-likeness (QED) is 0.766. The van der Waals surface area contributed by atoms with Crippen molar-refractivity contribution in [3.63, 3.8) is 0 Å². The van der Waals surface area contributed by atoms with Gasteiger partial charge in [0.1, 0.15) is 0 Å². The summed E-state index contributed by atoms with van der Waals surface area (Å²) in [4.78, 5) is 11.5. The molecule has 0 aromatic heterocycles. The van der Waals surface area contributed by atoms with E-state index in [1.54, 1.807) is 0 Å². The SMILES string of the molecule is CC(C)NC(=O)CNS(=O)(=O)N1C[C@H](C)C[C@H](C)C1. The minimum absolute atomic E-state index is 0.00651. The molecule has 112 valence electrons. The van der Waals surface area contributed by atoms with Crippen LogP contribution in [0.4, 0.5) is 0 Å². The van der Waals surface area contributed by atoms with Crippen molar-refractivity contribution in [3.8, 4) is 0 Å². The molecule has 1 saturated heterocycles. The minimum atomic E-state index is -3.56. The topological polar surface area (TPSA) is 78.5 Å². The maximum absolute atomic E-state index is 12.1. The Morgan fingerprint density at radius 3 is 2.26 bits per heavy atom. The van der Waals surface area contributed by atoms with Crippen LogP contribution in [0.1, 0.15) is 34.1 Å². The van der Waals surface area contributed by atoms with E-state index in [-0.39, 0.29) is 18.5 Å². The van der Waals surface area contributed by atoms with Gasteiger partial charge in [0, 0.05) is 19.1 Å². The Kier molecular flexibility index (Phi) is 5.76. The molecule has 2 atom stereocenters. The Bertz CT molecular complexity index is 398. The summed E-state index contributed by atoms with van der Waals surface area (Å²) in [7, 11) is -3.56. The van der Waals surface area contributed by atoms with Crippen LogP contribution in [-0.4, -0.2) is 44.3 Å². The molecule has 1 heterocycles. The highest BCUT2D eigenvalue weighted by Crippen LogP contribution is 2.22. The second-order valence-corrected chi connectivity index (χ2v) is 7.57. The Morgan fingerprint density at radius 2 is 1.79 bits per heavy atom. The van der Waals surface area contributed by atoms with Crippen LogP contribution >= 0.6 is 0 Å². The lowest BCUT2D eigenvalue weighted by atomic mass is 9.94. The molecule has 0 aromatic carbocycles. The van der Waals surface area contributed by atoms with Gasteiger partial charge in [0.05, 0.1) is 6.54 Å². The molecule has 1 rings (SSSR count). The zero-order valence-electron chi connectivity index (χ0n) is 12.1. The number of piperidine rings is 1. The van der Waals surface area contributed by atoms with Gasteiger partial charge in [-0.05, 0) is 32.1 Å². The van der Waals surface area contributed by atoms with Gasteiger partial charge in [0.2, 0.25) is 5.91 Å². The highest BCUT2D eigenvalue weighted by atomic mass is 32.2. The first-order valence-corrected chi connectivity index (χ1v) is 8.18. The third-order valence-electron chi connectivity index (χ3n) is 3.04. The number of hydrogen-bond acceptors (Lipinski definition) is 3. The largest absolute Gasteiger partial charge is 0.353 e. The average molecular weight is 291 g/mol. The summed E-state index contributed by atoms with van der Waals surface area (Å²) in [5.74, 6) is 0.395. The number of hydrogen-bond donors (Lipinski definition) is 2. The lowest BCUT2D eigenvalue weighted by molar-refractivity contribution is -0.120. The van der Waals surface area contributed by atoms with Crippen molar-refractivity contribution in [2.45, 2.75) is 40.2 Å². The van der Waals surface area contributed by atoms with E-state index in [0.717, 1.165) is 6.42 Å². The number of carbonyl (C=O) groups excluding carboxylic acids is 1.